The number of nitrogens with one attached hydrogen (secondary N) is 1. The van der Waals surface area contributed by atoms with Crippen molar-refractivity contribution in [1.29, 1.82) is 5.26 Å². The van der Waals surface area contributed by atoms with Gasteiger partial charge >= 0.3 is 12.4 Å². The minimum Gasteiger partial charge on any atom is -0.379 e. The lowest BCUT2D eigenvalue weighted by Gasteiger charge is -2.22. The number of rotatable bonds is 5. The van der Waals surface area contributed by atoms with Crippen LogP contribution in [0.25, 0.3) is 0 Å². The number of amides is 1. The molecule has 0 aliphatic rings. The molecule has 0 heterocycles. The van der Waals surface area contributed by atoms with E-state index in [-0.39, 0.29) is 0 Å². The first-order valence-electron chi connectivity index (χ1n) is 8.52. The van der Waals surface area contributed by atoms with Crippen molar-refractivity contribution in [1.82, 2.24) is 0 Å². The van der Waals surface area contributed by atoms with Crippen LogP contribution in [0.2, 0.25) is 0 Å². The number of nitrogens with zero attached hydrogens (tertiary/aromatic N) is 1. The van der Waals surface area contributed by atoms with Gasteiger partial charge < -0.3 is 10.4 Å². The number of carbonyl (C=O) groups is 1. The van der Waals surface area contributed by atoms with Crippen LogP contribution in [0, 0.1) is 11.3 Å². The van der Waals surface area contributed by atoms with Gasteiger partial charge in [0.2, 0.25) is 0 Å². The van der Waals surface area contributed by atoms with Gasteiger partial charge in [-0.15, -0.1) is 0 Å². The van der Waals surface area contributed by atoms with Crippen LogP contribution in [0.15, 0.2) is 47.4 Å². The molecule has 172 valence electrons. The highest BCUT2D eigenvalue weighted by Crippen LogP contribution is 2.34. The predicted octanol–water partition coefficient (Wildman–Crippen LogP) is 3.76. The van der Waals surface area contributed by atoms with Crippen molar-refractivity contribution in [3.63, 3.8) is 0 Å². The van der Waals surface area contributed by atoms with E-state index in [1.807, 2.05) is 5.32 Å². The van der Waals surface area contributed by atoms with E-state index in [0.717, 1.165) is 19.1 Å². The molecule has 1 atom stereocenters. The highest BCUT2D eigenvalue weighted by molar-refractivity contribution is 7.91. The molecule has 0 aliphatic heterocycles. The maximum absolute atomic E-state index is 13.0. The average Bonchev–Trinajstić information content (AvgIpc) is 2.66. The van der Waals surface area contributed by atoms with Gasteiger partial charge in [0, 0.05) is 5.69 Å². The second-order valence-corrected chi connectivity index (χ2v) is 8.87. The Balaban J connectivity index is 2.25. The molecule has 0 fully saturated rings. The SMILES string of the molecule is CC(O)(CS(=O)(=O)c1ccc(C(F)(F)F)cc1)C(=O)Nc1ccc(C#N)c(C(F)(F)F)c1. The number of benzene rings is 2. The number of sulfone groups is 1. The fourth-order valence-corrected chi connectivity index (χ4v) is 4.18. The van der Waals surface area contributed by atoms with Crippen LogP contribution in [0.4, 0.5) is 32.0 Å². The van der Waals surface area contributed by atoms with E-state index in [0.29, 0.717) is 30.3 Å². The van der Waals surface area contributed by atoms with Gasteiger partial charge in [0.05, 0.1) is 33.4 Å². The van der Waals surface area contributed by atoms with Crippen molar-refractivity contribution in [3.8, 4) is 6.07 Å². The summed E-state index contributed by atoms with van der Waals surface area (Å²) < 4.78 is 102. The zero-order chi connectivity index (χ0) is 24.5. The summed E-state index contributed by atoms with van der Waals surface area (Å²) in [4.78, 5) is 11.7. The van der Waals surface area contributed by atoms with Crippen LogP contribution in [0.5, 0.6) is 0 Å². The molecule has 0 saturated heterocycles. The maximum Gasteiger partial charge on any atom is 0.417 e. The summed E-state index contributed by atoms with van der Waals surface area (Å²) in [5, 5.41) is 21.0. The number of hydrogen-bond donors (Lipinski definition) is 2. The molecule has 13 heteroatoms. The van der Waals surface area contributed by atoms with Crippen LogP contribution in [-0.2, 0) is 27.0 Å². The fraction of sp³-hybridized carbons (Fsp3) is 0.263. The van der Waals surface area contributed by atoms with Gasteiger partial charge in [0.25, 0.3) is 5.91 Å². The molecule has 32 heavy (non-hydrogen) atoms. The minimum absolute atomic E-state index is 0.441. The Morgan fingerprint density at radius 3 is 2.06 bits per heavy atom. The molecule has 1 amide bonds. The zero-order valence-corrected chi connectivity index (χ0v) is 16.9. The summed E-state index contributed by atoms with van der Waals surface area (Å²) in [6.07, 6.45) is -9.62. The van der Waals surface area contributed by atoms with E-state index in [9.17, 15) is 44.7 Å². The molecule has 0 bridgehead atoms. The van der Waals surface area contributed by atoms with Crippen LogP contribution < -0.4 is 5.32 Å². The number of nitriles is 1. The molecule has 0 aromatic heterocycles. The second kappa shape index (κ2) is 8.44. The molecule has 0 spiro atoms. The molecule has 0 aliphatic carbocycles. The summed E-state index contributed by atoms with van der Waals surface area (Å²) >= 11 is 0. The Hall–Kier alpha value is -3.11. The number of aliphatic hydroxyl groups is 1. The second-order valence-electron chi connectivity index (χ2n) is 6.88. The standard InChI is InChI=1S/C19H14F6N2O4S/c1-17(29,10-32(30,31)14-6-3-12(4-7-14)18(20,21)22)16(28)27-13-5-2-11(9-26)15(8-13)19(23,24)25/h2-8,29H,10H2,1H3,(H,27,28). The molecule has 2 aromatic rings. The first-order chi connectivity index (χ1) is 14.5. The van der Waals surface area contributed by atoms with Gasteiger partial charge in [-0.05, 0) is 49.4 Å². The van der Waals surface area contributed by atoms with Gasteiger partial charge in [0.15, 0.2) is 15.4 Å². The van der Waals surface area contributed by atoms with Crippen molar-refractivity contribution in [3.05, 3.63) is 59.2 Å². The molecule has 0 saturated carbocycles. The smallest absolute Gasteiger partial charge is 0.379 e. The van der Waals surface area contributed by atoms with E-state index in [1.165, 1.54) is 6.07 Å². The quantitative estimate of drug-likeness (QED) is 0.634. The lowest BCUT2D eigenvalue weighted by atomic mass is 10.1. The topological polar surface area (TPSA) is 107 Å². The van der Waals surface area contributed by atoms with E-state index in [4.69, 9.17) is 5.26 Å². The lowest BCUT2D eigenvalue weighted by Crippen LogP contribution is -2.45. The van der Waals surface area contributed by atoms with Crippen molar-refractivity contribution >= 4 is 21.4 Å². The largest absolute Gasteiger partial charge is 0.417 e. The Morgan fingerprint density at radius 2 is 1.59 bits per heavy atom. The number of anilines is 1. The van der Waals surface area contributed by atoms with E-state index in [1.54, 1.807) is 0 Å². The van der Waals surface area contributed by atoms with Gasteiger partial charge in [-0.1, -0.05) is 0 Å². The van der Waals surface area contributed by atoms with Crippen LogP contribution in [-0.4, -0.2) is 30.8 Å². The van der Waals surface area contributed by atoms with Crippen molar-refractivity contribution in [2.45, 2.75) is 29.8 Å². The monoisotopic (exact) mass is 480 g/mol. The average molecular weight is 480 g/mol. The molecule has 2 N–H and O–H groups in total. The van der Waals surface area contributed by atoms with E-state index < -0.39 is 66.7 Å². The normalized spacial score (nSPS) is 14.3. The van der Waals surface area contributed by atoms with Crippen molar-refractivity contribution in [2.75, 3.05) is 11.1 Å². The summed E-state index contributed by atoms with van der Waals surface area (Å²) in [7, 11) is -4.46. The highest BCUT2D eigenvalue weighted by Gasteiger charge is 2.38. The Bertz CT molecular complexity index is 1160. The Labute approximate surface area is 178 Å². The summed E-state index contributed by atoms with van der Waals surface area (Å²) in [6, 6.07) is 5.85. The number of alkyl halides is 6. The molecule has 6 nitrogen and oxygen atoms in total. The molecular formula is C19H14F6N2O4S. The third kappa shape index (κ3) is 5.77. The summed E-state index contributed by atoms with van der Waals surface area (Å²) in [5.41, 5.74) is -6.30. The highest BCUT2D eigenvalue weighted by atomic mass is 32.2. The van der Waals surface area contributed by atoms with Gasteiger partial charge in [-0.3, -0.25) is 4.79 Å². The van der Waals surface area contributed by atoms with Gasteiger partial charge in [-0.2, -0.15) is 31.6 Å². The number of carbonyl (C=O) groups excluding carboxylic acids is 1. The third-order valence-corrected chi connectivity index (χ3v) is 6.14. The number of halogens is 6. The first-order valence-corrected chi connectivity index (χ1v) is 10.2. The Kier molecular flexibility index (Phi) is 6.63. The number of hydrogen-bond acceptors (Lipinski definition) is 5. The van der Waals surface area contributed by atoms with Crippen molar-refractivity contribution in [2.24, 2.45) is 0 Å². The van der Waals surface area contributed by atoms with Crippen LogP contribution in [0.1, 0.15) is 23.6 Å². The molecule has 0 radical (unpaired) electrons. The Morgan fingerprint density at radius 1 is 1.03 bits per heavy atom. The fourth-order valence-electron chi connectivity index (χ4n) is 2.59. The maximum atomic E-state index is 13.0. The van der Waals surface area contributed by atoms with Crippen LogP contribution in [0.3, 0.4) is 0 Å². The molecule has 2 rings (SSSR count). The predicted molar refractivity (Wildman–Crippen MR) is 98.9 cm³/mol. The van der Waals surface area contributed by atoms with Crippen LogP contribution >= 0.6 is 0 Å². The molecule has 2 aromatic carbocycles. The minimum atomic E-state index is -4.92. The summed E-state index contributed by atoms with van der Waals surface area (Å²) in [5.74, 6) is -2.65. The van der Waals surface area contributed by atoms with Gasteiger partial charge in [0.1, 0.15) is 0 Å². The third-order valence-electron chi connectivity index (χ3n) is 4.20. The lowest BCUT2D eigenvalue weighted by molar-refractivity contribution is -0.138. The van der Waals surface area contributed by atoms with Crippen molar-refractivity contribution < 1.29 is 44.7 Å². The zero-order valence-electron chi connectivity index (χ0n) is 16.0. The van der Waals surface area contributed by atoms with Gasteiger partial charge in [-0.25, -0.2) is 8.42 Å². The summed E-state index contributed by atoms with van der Waals surface area (Å²) in [6.45, 7) is 0.776. The molecular weight excluding hydrogens is 466 g/mol. The first kappa shape index (κ1) is 25.2. The van der Waals surface area contributed by atoms with E-state index >= 15 is 0 Å². The molecule has 1 unspecified atom stereocenters. The van der Waals surface area contributed by atoms with E-state index in [2.05, 4.69) is 0 Å².